The molecule has 0 bridgehead atoms. The molecule has 1 saturated heterocycles. The highest BCUT2D eigenvalue weighted by Crippen LogP contribution is 2.11. The van der Waals surface area contributed by atoms with E-state index in [0.29, 0.717) is 13.0 Å². The van der Waals surface area contributed by atoms with Gasteiger partial charge in [-0.1, -0.05) is 60.2 Å². The fraction of sp³-hybridized carbons (Fsp3) is 0.478. The Morgan fingerprint density at radius 3 is 2.52 bits per heavy atom. The lowest BCUT2D eigenvalue weighted by atomic mass is 10.1. The predicted octanol–water partition coefficient (Wildman–Crippen LogP) is 2.73. The van der Waals surface area contributed by atoms with Gasteiger partial charge in [0.15, 0.2) is 0 Å². The summed E-state index contributed by atoms with van der Waals surface area (Å²) in [5.41, 5.74) is 3.78. The van der Waals surface area contributed by atoms with Gasteiger partial charge in [0.2, 0.25) is 0 Å². The van der Waals surface area contributed by atoms with Crippen LogP contribution >= 0.6 is 0 Å². The summed E-state index contributed by atoms with van der Waals surface area (Å²) < 4.78 is 5.45. The molecule has 1 fully saturated rings. The first-order chi connectivity index (χ1) is 13.2. The smallest absolute Gasteiger partial charge is 0.0707 e. The number of aliphatic hydroxyl groups excluding tert-OH is 1. The van der Waals surface area contributed by atoms with Gasteiger partial charge in [0.25, 0.3) is 0 Å². The monoisotopic (exact) mass is 368 g/mol. The molecule has 2 aromatic rings. The minimum Gasteiger partial charge on any atom is -0.391 e. The molecular formula is C23H32N2O2. The highest BCUT2D eigenvalue weighted by Gasteiger charge is 2.16. The first kappa shape index (κ1) is 20.0. The van der Waals surface area contributed by atoms with Crippen LogP contribution in [0.25, 0.3) is 0 Å². The number of aryl methyl sites for hydroxylation is 1. The number of rotatable bonds is 9. The van der Waals surface area contributed by atoms with Crippen LogP contribution in [0, 0.1) is 6.92 Å². The Kier molecular flexibility index (Phi) is 7.84. The van der Waals surface area contributed by atoms with Gasteiger partial charge in [-0.05, 0) is 24.5 Å². The average molecular weight is 369 g/mol. The zero-order valence-electron chi connectivity index (χ0n) is 16.4. The second-order valence-electron chi connectivity index (χ2n) is 7.52. The summed E-state index contributed by atoms with van der Waals surface area (Å²) >= 11 is 0. The number of hydrogen-bond donors (Lipinski definition) is 1. The van der Waals surface area contributed by atoms with E-state index >= 15 is 0 Å². The zero-order chi connectivity index (χ0) is 18.9. The lowest BCUT2D eigenvalue weighted by Gasteiger charge is -2.31. The number of nitrogens with zero attached hydrogens (tertiary/aromatic N) is 2. The molecule has 27 heavy (non-hydrogen) atoms. The van der Waals surface area contributed by atoms with E-state index in [9.17, 15) is 5.11 Å². The maximum Gasteiger partial charge on any atom is 0.0707 e. The molecule has 1 heterocycles. The Hall–Kier alpha value is -1.72. The van der Waals surface area contributed by atoms with Crippen LogP contribution in [0.3, 0.4) is 0 Å². The van der Waals surface area contributed by atoms with Crippen LogP contribution in [0.5, 0.6) is 0 Å². The third-order valence-corrected chi connectivity index (χ3v) is 5.11. The van der Waals surface area contributed by atoms with Crippen molar-refractivity contribution in [1.82, 2.24) is 9.80 Å². The van der Waals surface area contributed by atoms with Crippen LogP contribution in [-0.4, -0.2) is 66.9 Å². The predicted molar refractivity (Wildman–Crippen MR) is 110 cm³/mol. The second-order valence-corrected chi connectivity index (χ2v) is 7.52. The van der Waals surface area contributed by atoms with Crippen LogP contribution in [0.1, 0.15) is 16.7 Å². The Morgan fingerprint density at radius 1 is 1.04 bits per heavy atom. The van der Waals surface area contributed by atoms with Crippen molar-refractivity contribution < 1.29 is 9.84 Å². The van der Waals surface area contributed by atoms with E-state index in [1.807, 2.05) is 18.2 Å². The number of benzene rings is 2. The number of ether oxygens (including phenoxy) is 1. The normalized spacial score (nSPS) is 16.6. The van der Waals surface area contributed by atoms with E-state index < -0.39 is 0 Å². The van der Waals surface area contributed by atoms with Crippen molar-refractivity contribution >= 4 is 0 Å². The molecule has 0 spiro atoms. The van der Waals surface area contributed by atoms with Crippen LogP contribution in [0.15, 0.2) is 54.6 Å². The maximum absolute atomic E-state index is 10.7. The third-order valence-electron chi connectivity index (χ3n) is 5.11. The molecule has 1 aliphatic rings. The second kappa shape index (κ2) is 10.6. The van der Waals surface area contributed by atoms with E-state index in [0.717, 1.165) is 45.9 Å². The van der Waals surface area contributed by atoms with Gasteiger partial charge in [0.1, 0.15) is 0 Å². The van der Waals surface area contributed by atoms with Gasteiger partial charge in [-0.25, -0.2) is 0 Å². The van der Waals surface area contributed by atoms with Gasteiger partial charge >= 0.3 is 0 Å². The van der Waals surface area contributed by atoms with E-state index in [1.54, 1.807) is 0 Å². The maximum atomic E-state index is 10.7. The molecule has 0 aliphatic carbocycles. The van der Waals surface area contributed by atoms with Crippen molar-refractivity contribution in [2.75, 3.05) is 45.9 Å². The van der Waals surface area contributed by atoms with Crippen LogP contribution < -0.4 is 0 Å². The van der Waals surface area contributed by atoms with Gasteiger partial charge in [0.05, 0.1) is 19.3 Å². The van der Waals surface area contributed by atoms with Crippen molar-refractivity contribution in [2.24, 2.45) is 0 Å². The number of hydrogen-bond acceptors (Lipinski definition) is 4. The Balaban J connectivity index is 1.58. The summed E-state index contributed by atoms with van der Waals surface area (Å²) in [4.78, 5) is 4.84. The molecule has 4 nitrogen and oxygen atoms in total. The van der Waals surface area contributed by atoms with E-state index in [1.165, 1.54) is 16.7 Å². The molecule has 1 atom stereocenters. The summed E-state index contributed by atoms with van der Waals surface area (Å²) in [6, 6.07) is 18.9. The molecule has 2 aromatic carbocycles. The molecular weight excluding hydrogens is 336 g/mol. The minimum absolute atomic E-state index is 0.359. The first-order valence-corrected chi connectivity index (χ1v) is 9.99. The quantitative estimate of drug-likeness (QED) is 0.738. The molecule has 4 heteroatoms. The van der Waals surface area contributed by atoms with Crippen LogP contribution in [0.2, 0.25) is 0 Å². The van der Waals surface area contributed by atoms with Crippen LogP contribution in [0.4, 0.5) is 0 Å². The third kappa shape index (κ3) is 7.07. The molecule has 0 radical (unpaired) electrons. The molecule has 3 rings (SSSR count). The van der Waals surface area contributed by atoms with Gasteiger partial charge in [-0.15, -0.1) is 0 Å². The minimum atomic E-state index is -0.359. The van der Waals surface area contributed by atoms with Crippen molar-refractivity contribution in [3.8, 4) is 0 Å². The van der Waals surface area contributed by atoms with Crippen LogP contribution in [-0.2, 0) is 17.7 Å². The Labute approximate surface area is 163 Å². The molecule has 0 unspecified atom stereocenters. The zero-order valence-corrected chi connectivity index (χ0v) is 16.4. The largest absolute Gasteiger partial charge is 0.391 e. The van der Waals surface area contributed by atoms with Gasteiger partial charge < -0.3 is 9.84 Å². The molecule has 0 amide bonds. The fourth-order valence-electron chi connectivity index (χ4n) is 3.66. The van der Waals surface area contributed by atoms with Crippen molar-refractivity contribution in [1.29, 1.82) is 0 Å². The molecule has 1 N–H and O–H groups in total. The van der Waals surface area contributed by atoms with Crippen molar-refractivity contribution in [3.05, 3.63) is 71.3 Å². The summed E-state index contributed by atoms with van der Waals surface area (Å²) in [6.45, 7) is 9.34. The summed E-state index contributed by atoms with van der Waals surface area (Å²) in [5.74, 6) is 0. The summed E-state index contributed by atoms with van der Waals surface area (Å²) in [6.07, 6.45) is 0.338. The fourth-order valence-corrected chi connectivity index (χ4v) is 3.66. The Morgan fingerprint density at radius 2 is 1.78 bits per heavy atom. The first-order valence-electron chi connectivity index (χ1n) is 9.99. The Bertz CT molecular complexity index is 671. The summed E-state index contributed by atoms with van der Waals surface area (Å²) in [5, 5.41) is 10.7. The highest BCUT2D eigenvalue weighted by atomic mass is 16.5. The van der Waals surface area contributed by atoms with Crippen molar-refractivity contribution in [2.45, 2.75) is 26.0 Å². The lowest BCUT2D eigenvalue weighted by Crippen LogP contribution is -2.43. The van der Waals surface area contributed by atoms with Gasteiger partial charge in [-0.2, -0.15) is 0 Å². The molecule has 0 aromatic heterocycles. The topological polar surface area (TPSA) is 35.9 Å². The number of aliphatic hydroxyl groups is 1. The van der Waals surface area contributed by atoms with Gasteiger partial charge in [0, 0.05) is 39.3 Å². The SMILES string of the molecule is Cc1cccc(CN(CCN2CCOCC2)C[C@H](O)Cc2ccccc2)c1. The number of morpholine rings is 1. The average Bonchev–Trinajstić information content (AvgIpc) is 2.68. The van der Waals surface area contributed by atoms with Crippen molar-refractivity contribution in [3.63, 3.8) is 0 Å². The molecule has 1 aliphatic heterocycles. The van der Waals surface area contributed by atoms with E-state index in [-0.39, 0.29) is 6.10 Å². The van der Waals surface area contributed by atoms with E-state index in [2.05, 4.69) is 53.1 Å². The molecule has 0 saturated carbocycles. The lowest BCUT2D eigenvalue weighted by molar-refractivity contribution is 0.0292. The van der Waals surface area contributed by atoms with E-state index in [4.69, 9.17) is 4.74 Å². The standard InChI is InChI=1S/C23H32N2O2/c1-20-6-5-9-22(16-20)18-25(11-10-24-12-14-27-15-13-24)19-23(26)17-21-7-3-2-4-8-21/h2-9,16,23,26H,10-15,17-19H2,1H3/t23-/m1/s1. The van der Waals surface area contributed by atoms with Gasteiger partial charge in [-0.3, -0.25) is 9.80 Å². The highest BCUT2D eigenvalue weighted by molar-refractivity contribution is 5.22. The summed E-state index contributed by atoms with van der Waals surface area (Å²) in [7, 11) is 0. The molecule has 146 valence electrons.